The maximum Gasteiger partial charge on any atom is 0.472 e. The van der Waals surface area contributed by atoms with Gasteiger partial charge >= 0.3 is 33.6 Å². The van der Waals surface area contributed by atoms with Crippen molar-refractivity contribution in [3.05, 3.63) is 158 Å². The van der Waals surface area contributed by atoms with E-state index < -0.39 is 91.5 Å². The van der Waals surface area contributed by atoms with Crippen LogP contribution in [0.5, 0.6) is 0 Å². The van der Waals surface area contributed by atoms with Crippen LogP contribution in [-0.4, -0.2) is 95.9 Å². The largest absolute Gasteiger partial charge is 0.472 e. The molecule has 5 atom stereocenters. The van der Waals surface area contributed by atoms with Crippen LogP contribution in [0.4, 0.5) is 0 Å². The molecule has 0 amide bonds. The summed E-state index contributed by atoms with van der Waals surface area (Å²) in [5, 5.41) is 20.7. The average Bonchev–Trinajstić information content (AvgIpc) is 0.902. The number of hydrogen-bond acceptors (Lipinski definition) is 14. The highest BCUT2D eigenvalue weighted by Gasteiger charge is 2.29. The van der Waals surface area contributed by atoms with Gasteiger partial charge in [0.05, 0.1) is 26.4 Å². The number of ether oxygens (including phenoxy) is 3. The van der Waals surface area contributed by atoms with Gasteiger partial charge in [0.1, 0.15) is 25.4 Å². The van der Waals surface area contributed by atoms with Crippen LogP contribution in [0.2, 0.25) is 0 Å². The molecule has 4 N–H and O–H groups in total. The van der Waals surface area contributed by atoms with Gasteiger partial charge in [0.2, 0.25) is 0 Å². The Morgan fingerprint density at radius 2 is 0.459 bits per heavy atom. The van der Waals surface area contributed by atoms with E-state index in [2.05, 4.69) is 179 Å². The zero-order valence-electron chi connectivity index (χ0n) is 68.4. The zero-order valence-corrected chi connectivity index (χ0v) is 70.2. The fraction of sp³-hybridized carbons (Fsp3) is 0.681. The lowest BCUT2D eigenvalue weighted by atomic mass is 10.0. The minimum Gasteiger partial charge on any atom is -0.463 e. The Bertz CT molecular complexity index is 2610. The Morgan fingerprint density at radius 3 is 0.725 bits per heavy atom. The number of allylic oxidation sites excluding steroid dienone is 26. The number of phosphoric ester groups is 2. The summed E-state index contributed by atoms with van der Waals surface area (Å²) in [6.45, 7) is 2.35. The van der Waals surface area contributed by atoms with Crippen molar-refractivity contribution in [3.8, 4) is 0 Å². The predicted octanol–water partition coefficient (Wildman–Crippen LogP) is 25.8. The normalized spacial score (nSPS) is 14.7. The van der Waals surface area contributed by atoms with Gasteiger partial charge in [0, 0.05) is 19.3 Å². The predicted molar refractivity (Wildman–Crippen MR) is 454 cm³/mol. The lowest BCUT2D eigenvalue weighted by Crippen LogP contribution is -2.30. The molecule has 0 rings (SSSR count). The molecule has 0 aromatic carbocycles. The van der Waals surface area contributed by atoms with Crippen molar-refractivity contribution < 1.29 is 75.8 Å². The molecule has 16 nitrogen and oxygen atoms in total. The van der Waals surface area contributed by atoms with E-state index in [1.807, 2.05) is 0 Å². The molecule has 0 aliphatic carbocycles. The van der Waals surface area contributed by atoms with E-state index in [1.165, 1.54) is 103 Å². The highest BCUT2D eigenvalue weighted by Crippen LogP contribution is 2.45. The highest BCUT2D eigenvalue weighted by atomic mass is 31.2. The van der Waals surface area contributed by atoms with Gasteiger partial charge in [-0.05, 0) is 141 Å². The van der Waals surface area contributed by atoms with Gasteiger partial charge in [-0.3, -0.25) is 32.5 Å². The minimum atomic E-state index is -4.94. The topological polar surface area (TPSA) is 231 Å². The van der Waals surface area contributed by atoms with Crippen molar-refractivity contribution in [2.24, 2.45) is 0 Å². The van der Waals surface area contributed by atoms with Gasteiger partial charge in [-0.1, -0.05) is 339 Å². The van der Waals surface area contributed by atoms with Crippen molar-refractivity contribution in [2.75, 3.05) is 39.6 Å². The van der Waals surface area contributed by atoms with E-state index in [-0.39, 0.29) is 19.3 Å². The van der Waals surface area contributed by atoms with Crippen molar-refractivity contribution >= 4 is 33.6 Å². The van der Waals surface area contributed by atoms with Gasteiger partial charge in [-0.25, -0.2) is 9.13 Å². The third kappa shape index (κ3) is 83.9. The van der Waals surface area contributed by atoms with E-state index in [0.29, 0.717) is 19.3 Å². The Balaban J connectivity index is 4.54. The second-order valence-corrected chi connectivity index (χ2v) is 31.1. The van der Waals surface area contributed by atoms with Crippen molar-refractivity contribution in [2.45, 2.75) is 360 Å². The Labute approximate surface area is 663 Å². The summed E-state index contributed by atoms with van der Waals surface area (Å²) in [5.74, 6) is -1.59. The molecule has 0 spiro atoms. The van der Waals surface area contributed by atoms with E-state index in [4.69, 9.17) is 32.3 Å². The summed E-state index contributed by atoms with van der Waals surface area (Å²) in [5.41, 5.74) is 0. The first-order chi connectivity index (χ1) is 53.2. The first-order valence-corrected chi connectivity index (χ1v) is 45.8. The number of aliphatic hydroxyl groups is 2. The van der Waals surface area contributed by atoms with Crippen LogP contribution in [0, 0.1) is 0 Å². The van der Waals surface area contributed by atoms with Gasteiger partial charge in [-0.15, -0.1) is 0 Å². The maximum absolute atomic E-state index is 13.0. The number of carbonyl (C=O) groups is 3. The molecule has 0 saturated carbocycles. The molecule has 0 radical (unpaired) electrons. The Kier molecular flexibility index (Phi) is 79.0. The molecule has 0 bridgehead atoms. The quantitative estimate of drug-likeness (QED) is 0.0146. The Morgan fingerprint density at radius 1 is 0.257 bits per heavy atom. The summed E-state index contributed by atoms with van der Waals surface area (Å²) in [7, 11) is -9.81. The molecule has 0 aliphatic rings. The number of carbonyl (C=O) groups excluding carboxylic acids is 3. The molecule has 0 saturated heterocycles. The first-order valence-electron chi connectivity index (χ1n) is 42.8. The third-order valence-corrected chi connectivity index (χ3v) is 19.6. The van der Waals surface area contributed by atoms with E-state index in [9.17, 15) is 43.5 Å². The van der Waals surface area contributed by atoms with E-state index >= 15 is 0 Å². The van der Waals surface area contributed by atoms with Crippen LogP contribution in [0.1, 0.15) is 342 Å². The summed E-state index contributed by atoms with van der Waals surface area (Å²) < 4.78 is 61.3. The molecule has 5 unspecified atom stereocenters. The van der Waals surface area contributed by atoms with Crippen molar-refractivity contribution in [3.63, 3.8) is 0 Å². The number of unbranched alkanes of at least 4 members (excludes halogenated alkanes) is 31. The summed E-state index contributed by atoms with van der Waals surface area (Å²) in [6.07, 6.45) is 104. The van der Waals surface area contributed by atoms with Gasteiger partial charge in [0.15, 0.2) is 6.10 Å². The standard InChI is InChI=1S/C91H154O16P2/c1-4-7-10-13-16-19-22-25-28-31-33-35-37-39-40-41-42-43-44-46-48-49-51-54-56-59-62-65-68-71-74-77-89(94)101-80-86(92)81-103-108(97,98)104-82-87(93)83-105-109(99,100)106-85-88(107-91(96)79-76-73-70-67-64-61-58-53-30-27-24-21-18-15-12-9-6-3)84-102-90(95)78-75-72-69-66-63-60-57-55-52-50-47-45-38-36-34-32-29-26-23-20-17-14-11-8-5-2/h7-12,16-21,25-30,33-36,39-40,45,47,86-88,92-93H,4-6,13-15,22-24,31-32,37-38,41-44,46,48-85H2,1-3H3,(H,97,98)(H,99,100)/b10-7-,11-8-,12-9-,19-16-,20-17-,21-18-,28-25-,29-26-,30-27-,35-33-,36-34-,40-39-,47-45-. The Hall–Kier alpha value is -4.83. The molecule has 0 fully saturated rings. The smallest absolute Gasteiger partial charge is 0.463 e. The molecule has 0 aliphatic heterocycles. The monoisotopic (exact) mass is 1570 g/mol. The molecule has 18 heteroatoms. The van der Waals surface area contributed by atoms with E-state index in [0.717, 1.165) is 180 Å². The SMILES string of the molecule is CC/C=C\C/C=C\C/C=C\C/C=C\C/C=C\CCCCCCCCCCCCCCCCCC(=O)OCC(O)COP(=O)(O)OCC(O)COP(=O)(O)OCC(COC(=O)CCCCCCCCCCC/C=C\C/C=C\C/C=C\C/C=C\C/C=C\CC)OC(=O)CCCCCCCCC/C=C\C/C=C\C/C=C\CC. The summed E-state index contributed by atoms with van der Waals surface area (Å²) in [6, 6.07) is 0. The fourth-order valence-corrected chi connectivity index (χ4v) is 12.9. The van der Waals surface area contributed by atoms with Crippen LogP contribution in [0.15, 0.2) is 158 Å². The number of hydrogen-bond donors (Lipinski definition) is 4. The number of rotatable bonds is 80. The van der Waals surface area contributed by atoms with Crippen molar-refractivity contribution in [1.82, 2.24) is 0 Å². The molecular weight excluding hydrogens is 1410 g/mol. The summed E-state index contributed by atoms with van der Waals surface area (Å²) >= 11 is 0. The van der Waals surface area contributed by atoms with Crippen LogP contribution in [0.3, 0.4) is 0 Å². The van der Waals surface area contributed by atoms with Gasteiger partial charge in [-0.2, -0.15) is 0 Å². The second kappa shape index (κ2) is 82.6. The minimum absolute atomic E-state index is 0.0884. The van der Waals surface area contributed by atoms with Crippen LogP contribution in [-0.2, 0) is 55.8 Å². The summed E-state index contributed by atoms with van der Waals surface area (Å²) in [4.78, 5) is 58.8. The van der Waals surface area contributed by atoms with E-state index in [1.54, 1.807) is 0 Å². The van der Waals surface area contributed by atoms with Crippen LogP contribution in [0.25, 0.3) is 0 Å². The van der Waals surface area contributed by atoms with Gasteiger partial charge < -0.3 is 34.2 Å². The average molecular weight is 1570 g/mol. The lowest BCUT2D eigenvalue weighted by Gasteiger charge is -2.21. The van der Waals surface area contributed by atoms with Gasteiger partial charge in [0.25, 0.3) is 0 Å². The highest BCUT2D eigenvalue weighted by molar-refractivity contribution is 7.47. The molecule has 0 heterocycles. The zero-order chi connectivity index (χ0) is 79.4. The third-order valence-electron chi connectivity index (χ3n) is 17.7. The lowest BCUT2D eigenvalue weighted by molar-refractivity contribution is -0.161. The van der Waals surface area contributed by atoms with Crippen LogP contribution >= 0.6 is 15.6 Å². The molecule has 0 aromatic rings. The van der Waals surface area contributed by atoms with Crippen LogP contribution < -0.4 is 0 Å². The number of esters is 3. The number of phosphoric acid groups is 2. The first kappa shape index (κ1) is 104. The molecule has 109 heavy (non-hydrogen) atoms. The molecular formula is C91H154O16P2. The maximum atomic E-state index is 13.0. The molecule has 0 aromatic heterocycles. The number of aliphatic hydroxyl groups excluding tert-OH is 2. The fourth-order valence-electron chi connectivity index (χ4n) is 11.3. The second-order valence-electron chi connectivity index (χ2n) is 28.2. The molecule has 624 valence electrons. The van der Waals surface area contributed by atoms with Crippen molar-refractivity contribution in [1.29, 1.82) is 0 Å².